The summed E-state index contributed by atoms with van der Waals surface area (Å²) in [4.78, 5) is 0. The van der Waals surface area contributed by atoms with Crippen LogP contribution in [0.1, 0.15) is 39.2 Å². The lowest BCUT2D eigenvalue weighted by Gasteiger charge is -2.06. The third kappa shape index (κ3) is 3.70. The summed E-state index contributed by atoms with van der Waals surface area (Å²) in [5.74, 6) is -0.903. The molecule has 0 radical (unpaired) electrons. The SMILES string of the molecule is CC.CCCCc1ccc(O)c(O)c1O. The first kappa shape index (κ1) is 13.6. The van der Waals surface area contributed by atoms with E-state index in [1.165, 1.54) is 6.07 Å². The number of aromatic hydroxyl groups is 3. The Bertz CT molecular complexity index is 295. The summed E-state index contributed by atoms with van der Waals surface area (Å²) in [5, 5.41) is 27.6. The molecule has 3 N–H and O–H groups in total. The van der Waals surface area contributed by atoms with Crippen LogP contribution in [0.5, 0.6) is 17.2 Å². The molecule has 0 heterocycles. The zero-order chi connectivity index (χ0) is 11.8. The van der Waals surface area contributed by atoms with Gasteiger partial charge in [-0.2, -0.15) is 0 Å². The highest BCUT2D eigenvalue weighted by Gasteiger charge is 2.09. The summed E-state index contributed by atoms with van der Waals surface area (Å²) in [7, 11) is 0. The van der Waals surface area contributed by atoms with Crippen LogP contribution in [-0.4, -0.2) is 15.3 Å². The zero-order valence-electron chi connectivity index (χ0n) is 9.62. The van der Waals surface area contributed by atoms with E-state index in [0.29, 0.717) is 5.56 Å². The number of hydrogen-bond donors (Lipinski definition) is 3. The first-order chi connectivity index (χ1) is 7.16. The predicted molar refractivity (Wildman–Crippen MR) is 61.4 cm³/mol. The fraction of sp³-hybridized carbons (Fsp3) is 0.500. The quantitative estimate of drug-likeness (QED) is 0.674. The largest absolute Gasteiger partial charge is 0.504 e. The van der Waals surface area contributed by atoms with Gasteiger partial charge >= 0.3 is 0 Å². The molecule has 0 spiro atoms. The van der Waals surface area contributed by atoms with Crippen molar-refractivity contribution in [3.05, 3.63) is 17.7 Å². The summed E-state index contributed by atoms with van der Waals surface area (Å²) < 4.78 is 0. The maximum Gasteiger partial charge on any atom is 0.200 e. The second kappa shape index (κ2) is 6.98. The highest BCUT2D eigenvalue weighted by Crippen LogP contribution is 2.37. The van der Waals surface area contributed by atoms with Crippen LogP contribution in [0.4, 0.5) is 0 Å². The number of benzene rings is 1. The van der Waals surface area contributed by atoms with Crippen LogP contribution < -0.4 is 0 Å². The number of phenolic OH excluding ortho intramolecular Hbond substituents is 3. The Kier molecular flexibility index (Phi) is 6.34. The van der Waals surface area contributed by atoms with Crippen molar-refractivity contribution >= 4 is 0 Å². The molecule has 0 aromatic heterocycles. The lowest BCUT2D eigenvalue weighted by molar-refractivity contribution is 0.364. The molecule has 1 aromatic carbocycles. The van der Waals surface area contributed by atoms with Gasteiger partial charge in [-0.05, 0) is 24.5 Å². The Balaban J connectivity index is 0.000000921. The number of hydrogen-bond acceptors (Lipinski definition) is 3. The van der Waals surface area contributed by atoms with Crippen LogP contribution in [-0.2, 0) is 6.42 Å². The van der Waals surface area contributed by atoms with E-state index in [9.17, 15) is 10.2 Å². The van der Waals surface area contributed by atoms with E-state index >= 15 is 0 Å². The van der Waals surface area contributed by atoms with Gasteiger partial charge in [-0.25, -0.2) is 0 Å². The maximum absolute atomic E-state index is 9.40. The number of rotatable bonds is 3. The summed E-state index contributed by atoms with van der Waals surface area (Å²) in [5.41, 5.74) is 0.678. The van der Waals surface area contributed by atoms with E-state index in [-0.39, 0.29) is 11.5 Å². The van der Waals surface area contributed by atoms with Crippen molar-refractivity contribution in [1.29, 1.82) is 0 Å². The average molecular weight is 212 g/mol. The molecule has 0 saturated heterocycles. The van der Waals surface area contributed by atoms with Crippen LogP contribution in [0.15, 0.2) is 12.1 Å². The summed E-state index contributed by atoms with van der Waals surface area (Å²) in [6, 6.07) is 3.01. The van der Waals surface area contributed by atoms with Crippen LogP contribution >= 0.6 is 0 Å². The van der Waals surface area contributed by atoms with Gasteiger partial charge in [0.25, 0.3) is 0 Å². The molecule has 0 aliphatic heterocycles. The number of phenols is 3. The minimum absolute atomic E-state index is 0.201. The molecular formula is C12H20O3. The van der Waals surface area contributed by atoms with Crippen LogP contribution in [0.3, 0.4) is 0 Å². The molecule has 0 aliphatic carbocycles. The normalized spacial score (nSPS) is 9.27. The molecule has 0 saturated carbocycles. The van der Waals surface area contributed by atoms with Gasteiger partial charge in [-0.1, -0.05) is 33.3 Å². The van der Waals surface area contributed by atoms with E-state index in [4.69, 9.17) is 5.11 Å². The van der Waals surface area contributed by atoms with Gasteiger partial charge in [-0.3, -0.25) is 0 Å². The molecular weight excluding hydrogens is 192 g/mol. The van der Waals surface area contributed by atoms with Gasteiger partial charge in [0.2, 0.25) is 5.75 Å². The Labute approximate surface area is 91.0 Å². The van der Waals surface area contributed by atoms with Gasteiger partial charge in [-0.15, -0.1) is 0 Å². The topological polar surface area (TPSA) is 60.7 Å². The maximum atomic E-state index is 9.40. The van der Waals surface area contributed by atoms with Crippen molar-refractivity contribution in [3.8, 4) is 17.2 Å². The minimum atomic E-state index is -0.423. The van der Waals surface area contributed by atoms with E-state index in [1.54, 1.807) is 6.07 Å². The van der Waals surface area contributed by atoms with Gasteiger partial charge in [0, 0.05) is 0 Å². The van der Waals surface area contributed by atoms with E-state index in [1.807, 2.05) is 13.8 Å². The molecule has 0 atom stereocenters. The Morgan fingerprint density at radius 1 is 1.00 bits per heavy atom. The van der Waals surface area contributed by atoms with E-state index in [2.05, 4.69) is 6.92 Å². The minimum Gasteiger partial charge on any atom is -0.504 e. The van der Waals surface area contributed by atoms with Crippen LogP contribution in [0.25, 0.3) is 0 Å². The number of aryl methyl sites for hydroxylation is 1. The molecule has 1 rings (SSSR count). The van der Waals surface area contributed by atoms with Gasteiger partial charge < -0.3 is 15.3 Å². The van der Waals surface area contributed by atoms with Crippen LogP contribution in [0.2, 0.25) is 0 Å². The summed E-state index contributed by atoms with van der Waals surface area (Å²) in [6.07, 6.45) is 2.70. The third-order valence-corrected chi connectivity index (χ3v) is 2.01. The van der Waals surface area contributed by atoms with Crippen LogP contribution in [0, 0.1) is 0 Å². The second-order valence-electron chi connectivity index (χ2n) is 3.04. The Morgan fingerprint density at radius 3 is 2.13 bits per heavy atom. The fourth-order valence-electron chi connectivity index (χ4n) is 1.18. The lowest BCUT2D eigenvalue weighted by atomic mass is 10.1. The molecule has 1 aromatic rings. The molecule has 3 nitrogen and oxygen atoms in total. The predicted octanol–water partition coefficient (Wildman–Crippen LogP) is 3.17. The Morgan fingerprint density at radius 2 is 1.60 bits per heavy atom. The molecule has 86 valence electrons. The van der Waals surface area contributed by atoms with Crippen molar-refractivity contribution in [2.75, 3.05) is 0 Å². The fourth-order valence-corrected chi connectivity index (χ4v) is 1.18. The average Bonchev–Trinajstić information content (AvgIpc) is 2.28. The Hall–Kier alpha value is -1.38. The van der Waals surface area contributed by atoms with Crippen molar-refractivity contribution in [2.24, 2.45) is 0 Å². The van der Waals surface area contributed by atoms with E-state index < -0.39 is 5.75 Å². The summed E-state index contributed by atoms with van der Waals surface area (Å²) in [6.45, 7) is 6.05. The first-order valence-electron chi connectivity index (χ1n) is 5.39. The first-order valence-corrected chi connectivity index (χ1v) is 5.39. The standard InChI is InChI=1S/C10H14O3.C2H6/c1-2-3-4-7-5-6-8(11)10(13)9(7)12;1-2/h5-6,11-13H,2-4H2,1H3;1-2H3. The lowest BCUT2D eigenvalue weighted by Crippen LogP contribution is -1.86. The van der Waals surface area contributed by atoms with Gasteiger partial charge in [0.15, 0.2) is 11.5 Å². The number of unbranched alkanes of at least 4 members (excludes halogenated alkanes) is 1. The van der Waals surface area contributed by atoms with Gasteiger partial charge in [0.1, 0.15) is 0 Å². The van der Waals surface area contributed by atoms with Gasteiger partial charge in [0.05, 0.1) is 0 Å². The highest BCUT2D eigenvalue weighted by molar-refractivity contribution is 5.53. The molecule has 0 bridgehead atoms. The molecule has 15 heavy (non-hydrogen) atoms. The zero-order valence-corrected chi connectivity index (χ0v) is 9.62. The van der Waals surface area contributed by atoms with Crippen molar-refractivity contribution < 1.29 is 15.3 Å². The third-order valence-electron chi connectivity index (χ3n) is 2.01. The molecule has 3 heteroatoms. The van der Waals surface area contributed by atoms with Crippen molar-refractivity contribution in [1.82, 2.24) is 0 Å². The molecule has 0 unspecified atom stereocenters. The van der Waals surface area contributed by atoms with Crippen molar-refractivity contribution in [3.63, 3.8) is 0 Å². The molecule has 0 aliphatic rings. The molecule has 0 fully saturated rings. The highest BCUT2D eigenvalue weighted by atomic mass is 16.3. The van der Waals surface area contributed by atoms with Crippen molar-refractivity contribution in [2.45, 2.75) is 40.0 Å². The monoisotopic (exact) mass is 212 g/mol. The smallest absolute Gasteiger partial charge is 0.200 e. The summed E-state index contributed by atoms with van der Waals surface area (Å²) >= 11 is 0. The second-order valence-corrected chi connectivity index (χ2v) is 3.04. The molecule has 0 amide bonds. The van der Waals surface area contributed by atoms with E-state index in [0.717, 1.165) is 19.3 Å².